The molecule has 1 aliphatic rings. The maximum atomic E-state index is 13.7. The van der Waals surface area contributed by atoms with Crippen LogP contribution < -0.4 is 21.9 Å². The third kappa shape index (κ3) is 3.19. The molecule has 4 rings (SSSR count). The molecule has 0 aliphatic carbocycles. The van der Waals surface area contributed by atoms with E-state index in [2.05, 4.69) is 9.97 Å². The summed E-state index contributed by atoms with van der Waals surface area (Å²) in [6.07, 6.45) is 1.74. The molecular weight excluding hydrogens is 370 g/mol. The van der Waals surface area contributed by atoms with Gasteiger partial charge in [-0.1, -0.05) is 0 Å². The average Bonchev–Trinajstić information content (AvgIpc) is 2.99. The molecule has 8 nitrogen and oxygen atoms in total. The third-order valence-electron chi connectivity index (χ3n) is 4.99. The van der Waals surface area contributed by atoms with Crippen LogP contribution in [-0.2, 0) is 13.6 Å². The molecular formula is C18H20F2N6O2. The lowest BCUT2D eigenvalue weighted by Crippen LogP contribution is -2.44. The zero-order valence-corrected chi connectivity index (χ0v) is 15.3. The van der Waals surface area contributed by atoms with E-state index in [1.165, 1.54) is 23.7 Å². The number of halogens is 2. The van der Waals surface area contributed by atoms with Gasteiger partial charge in [-0.3, -0.25) is 18.9 Å². The van der Waals surface area contributed by atoms with E-state index in [4.69, 9.17) is 5.73 Å². The van der Waals surface area contributed by atoms with E-state index in [0.717, 1.165) is 18.9 Å². The Morgan fingerprint density at radius 1 is 1.25 bits per heavy atom. The Hall–Kier alpha value is -3.01. The Balaban J connectivity index is 1.93. The predicted octanol–water partition coefficient (Wildman–Crippen LogP) is 0.677. The van der Waals surface area contributed by atoms with Crippen molar-refractivity contribution in [2.75, 3.05) is 18.0 Å². The summed E-state index contributed by atoms with van der Waals surface area (Å²) in [5, 5.41) is 0. The number of nitrogens with one attached hydrogen (secondary N) is 1. The second kappa shape index (κ2) is 6.86. The number of piperidine rings is 1. The van der Waals surface area contributed by atoms with Gasteiger partial charge in [0.15, 0.2) is 11.2 Å². The van der Waals surface area contributed by atoms with Crippen molar-refractivity contribution < 1.29 is 8.78 Å². The molecule has 0 saturated carbocycles. The molecule has 0 bridgehead atoms. The number of fused-ring (bicyclic) bond motifs is 1. The fraction of sp³-hybridized carbons (Fsp3) is 0.389. The van der Waals surface area contributed by atoms with Crippen LogP contribution in [0.4, 0.5) is 14.7 Å². The lowest BCUT2D eigenvalue weighted by molar-refractivity contribution is 0.495. The van der Waals surface area contributed by atoms with Gasteiger partial charge in [-0.05, 0) is 30.5 Å². The zero-order chi connectivity index (χ0) is 20.0. The Bertz CT molecular complexity index is 1150. The van der Waals surface area contributed by atoms with Gasteiger partial charge >= 0.3 is 5.69 Å². The van der Waals surface area contributed by atoms with E-state index >= 15 is 0 Å². The Morgan fingerprint density at radius 2 is 1.96 bits per heavy atom. The van der Waals surface area contributed by atoms with Gasteiger partial charge in [0.25, 0.3) is 5.56 Å². The highest BCUT2D eigenvalue weighted by atomic mass is 19.1. The SMILES string of the molecule is Cn1c(=O)[nH]c(=O)c2c1nc(N1CCCC(N)C1)n2Cc1cc(F)cc(F)c1. The highest BCUT2D eigenvalue weighted by Gasteiger charge is 2.25. The highest BCUT2D eigenvalue weighted by molar-refractivity contribution is 5.74. The van der Waals surface area contributed by atoms with Gasteiger partial charge in [0.1, 0.15) is 11.6 Å². The summed E-state index contributed by atoms with van der Waals surface area (Å²) in [5.41, 5.74) is 5.61. The first-order chi connectivity index (χ1) is 13.3. The summed E-state index contributed by atoms with van der Waals surface area (Å²) in [7, 11) is 1.51. The Labute approximate surface area is 158 Å². The first-order valence-electron chi connectivity index (χ1n) is 8.98. The van der Waals surface area contributed by atoms with Crippen LogP contribution in [-0.4, -0.2) is 38.2 Å². The number of H-pyrrole nitrogens is 1. The van der Waals surface area contributed by atoms with Crippen LogP contribution in [0.1, 0.15) is 18.4 Å². The van der Waals surface area contributed by atoms with Crippen molar-refractivity contribution in [1.29, 1.82) is 0 Å². The van der Waals surface area contributed by atoms with E-state index < -0.39 is 22.9 Å². The number of benzene rings is 1. The molecule has 0 amide bonds. The summed E-state index contributed by atoms with van der Waals surface area (Å²) in [4.78, 5) is 33.2. The molecule has 1 atom stereocenters. The van der Waals surface area contributed by atoms with Gasteiger partial charge in [0.05, 0.1) is 6.54 Å². The minimum atomic E-state index is -0.706. The van der Waals surface area contributed by atoms with Crippen molar-refractivity contribution >= 4 is 17.1 Å². The van der Waals surface area contributed by atoms with Crippen LogP contribution in [0, 0.1) is 11.6 Å². The number of hydrogen-bond donors (Lipinski definition) is 2. The summed E-state index contributed by atoms with van der Waals surface area (Å²) in [6.45, 7) is 1.24. The van der Waals surface area contributed by atoms with Crippen LogP contribution in [0.3, 0.4) is 0 Å². The Morgan fingerprint density at radius 3 is 2.64 bits per heavy atom. The molecule has 1 aliphatic heterocycles. The van der Waals surface area contributed by atoms with E-state index in [9.17, 15) is 18.4 Å². The number of imidazole rings is 1. The number of aryl methyl sites for hydroxylation is 1. The topological polar surface area (TPSA) is 102 Å². The minimum absolute atomic E-state index is 0.0214. The number of anilines is 1. The quantitative estimate of drug-likeness (QED) is 0.685. The van der Waals surface area contributed by atoms with Gasteiger partial charge in [-0.25, -0.2) is 13.6 Å². The van der Waals surface area contributed by atoms with Crippen LogP contribution in [0.5, 0.6) is 0 Å². The van der Waals surface area contributed by atoms with Crippen LogP contribution >= 0.6 is 0 Å². The largest absolute Gasteiger partial charge is 0.341 e. The maximum absolute atomic E-state index is 13.7. The molecule has 0 radical (unpaired) electrons. The van der Waals surface area contributed by atoms with Crippen molar-refractivity contribution in [3.05, 3.63) is 56.2 Å². The average molecular weight is 390 g/mol. The van der Waals surface area contributed by atoms with Gasteiger partial charge in [-0.15, -0.1) is 0 Å². The molecule has 1 aromatic carbocycles. The fourth-order valence-corrected chi connectivity index (χ4v) is 3.69. The van der Waals surface area contributed by atoms with E-state index in [-0.39, 0.29) is 23.8 Å². The molecule has 1 saturated heterocycles. The van der Waals surface area contributed by atoms with Crippen LogP contribution in [0.25, 0.3) is 11.2 Å². The van der Waals surface area contributed by atoms with E-state index in [0.29, 0.717) is 24.6 Å². The van der Waals surface area contributed by atoms with Gasteiger partial charge in [-0.2, -0.15) is 4.98 Å². The molecule has 3 heterocycles. The van der Waals surface area contributed by atoms with Crippen molar-refractivity contribution in [3.63, 3.8) is 0 Å². The number of hydrogen-bond acceptors (Lipinski definition) is 5. The van der Waals surface area contributed by atoms with Crippen molar-refractivity contribution in [1.82, 2.24) is 19.1 Å². The second-order valence-corrected chi connectivity index (χ2v) is 7.11. The van der Waals surface area contributed by atoms with Crippen molar-refractivity contribution in [2.24, 2.45) is 12.8 Å². The first-order valence-corrected chi connectivity index (χ1v) is 8.98. The smallest absolute Gasteiger partial charge is 0.329 e. The number of aromatic nitrogens is 4. The normalized spacial score (nSPS) is 17.4. The molecule has 28 heavy (non-hydrogen) atoms. The standard InChI is InChI=1S/C18H20F2N6O2/c1-24-15-14(16(27)23-18(24)28)26(8-10-5-11(19)7-12(20)6-10)17(22-15)25-4-2-3-13(21)9-25/h5-7,13H,2-4,8-9,21H2,1H3,(H,23,27,28). The van der Waals surface area contributed by atoms with Gasteiger partial charge in [0, 0.05) is 32.2 Å². The molecule has 1 fully saturated rings. The summed E-state index contributed by atoms with van der Waals surface area (Å²) < 4.78 is 30.2. The predicted molar refractivity (Wildman–Crippen MR) is 100 cm³/mol. The number of aromatic amines is 1. The first kappa shape index (κ1) is 18.4. The molecule has 0 spiro atoms. The lowest BCUT2D eigenvalue weighted by Gasteiger charge is -2.31. The van der Waals surface area contributed by atoms with Crippen molar-refractivity contribution in [2.45, 2.75) is 25.4 Å². The minimum Gasteiger partial charge on any atom is -0.341 e. The number of nitrogens with two attached hydrogens (primary N) is 1. The molecule has 1 unspecified atom stereocenters. The van der Waals surface area contributed by atoms with E-state index in [1.807, 2.05) is 4.90 Å². The van der Waals surface area contributed by atoms with Crippen molar-refractivity contribution in [3.8, 4) is 0 Å². The highest BCUT2D eigenvalue weighted by Crippen LogP contribution is 2.24. The van der Waals surface area contributed by atoms with E-state index in [1.54, 1.807) is 4.57 Å². The van der Waals surface area contributed by atoms with Crippen LogP contribution in [0.15, 0.2) is 27.8 Å². The number of rotatable bonds is 3. The Kier molecular flexibility index (Phi) is 4.50. The molecule has 3 aromatic rings. The second-order valence-electron chi connectivity index (χ2n) is 7.11. The van der Waals surface area contributed by atoms with Gasteiger partial charge in [0.2, 0.25) is 5.95 Å². The monoisotopic (exact) mass is 390 g/mol. The molecule has 148 valence electrons. The molecule has 3 N–H and O–H groups in total. The third-order valence-corrected chi connectivity index (χ3v) is 4.99. The summed E-state index contributed by atoms with van der Waals surface area (Å²) in [5.74, 6) is -0.967. The fourth-order valence-electron chi connectivity index (χ4n) is 3.69. The lowest BCUT2D eigenvalue weighted by atomic mass is 10.1. The van der Waals surface area contributed by atoms with Crippen LogP contribution in [0.2, 0.25) is 0 Å². The van der Waals surface area contributed by atoms with Gasteiger partial charge < -0.3 is 10.6 Å². The zero-order valence-electron chi connectivity index (χ0n) is 15.3. The summed E-state index contributed by atoms with van der Waals surface area (Å²) in [6, 6.07) is 3.15. The maximum Gasteiger partial charge on any atom is 0.329 e. The summed E-state index contributed by atoms with van der Waals surface area (Å²) >= 11 is 0. The molecule has 10 heteroatoms. The number of nitrogens with zero attached hydrogens (tertiary/aromatic N) is 4. The molecule has 2 aromatic heterocycles.